The third-order valence-electron chi connectivity index (χ3n) is 2.43. The van der Waals surface area contributed by atoms with Gasteiger partial charge in [0.15, 0.2) is 0 Å². The number of alkyl halides is 3. The van der Waals surface area contributed by atoms with Crippen LogP contribution >= 0.6 is 0 Å². The van der Waals surface area contributed by atoms with E-state index in [1.54, 1.807) is 6.92 Å². The largest absolute Gasteiger partial charge is 0.444 e. The molecule has 96 valence electrons. The first-order valence-corrected chi connectivity index (χ1v) is 5.26. The van der Waals surface area contributed by atoms with Crippen molar-refractivity contribution in [3.63, 3.8) is 0 Å². The van der Waals surface area contributed by atoms with Crippen molar-refractivity contribution in [3.8, 4) is 11.5 Å². The maximum atomic E-state index is 12.5. The van der Waals surface area contributed by atoms with E-state index in [9.17, 15) is 13.2 Å². The summed E-state index contributed by atoms with van der Waals surface area (Å²) in [5, 5.41) is 0. The standard InChI is InChI=1S/C12H11F3N2O/c1-7(16)10-6-18-11(17-10)8-3-2-4-9(5-8)12(13,14)15/h2-7H,16H2,1H3. The molecule has 1 aromatic heterocycles. The molecule has 0 bridgehead atoms. The van der Waals surface area contributed by atoms with E-state index in [0.29, 0.717) is 5.69 Å². The predicted molar refractivity (Wildman–Crippen MR) is 59.5 cm³/mol. The number of nitrogens with two attached hydrogens (primary N) is 1. The molecule has 1 heterocycles. The monoisotopic (exact) mass is 256 g/mol. The van der Waals surface area contributed by atoms with Crippen LogP contribution in [0.2, 0.25) is 0 Å². The molecule has 1 atom stereocenters. The molecule has 6 heteroatoms. The highest BCUT2D eigenvalue weighted by Gasteiger charge is 2.30. The molecule has 0 spiro atoms. The van der Waals surface area contributed by atoms with Crippen LogP contribution in [0.3, 0.4) is 0 Å². The summed E-state index contributed by atoms with van der Waals surface area (Å²) in [4.78, 5) is 4.04. The van der Waals surface area contributed by atoms with Gasteiger partial charge in [0.1, 0.15) is 6.26 Å². The van der Waals surface area contributed by atoms with E-state index < -0.39 is 11.7 Å². The summed E-state index contributed by atoms with van der Waals surface area (Å²) >= 11 is 0. The number of benzene rings is 1. The summed E-state index contributed by atoms with van der Waals surface area (Å²) in [6.07, 6.45) is -3.03. The Kier molecular flexibility index (Phi) is 3.13. The fraction of sp³-hybridized carbons (Fsp3) is 0.250. The highest BCUT2D eigenvalue weighted by atomic mass is 19.4. The van der Waals surface area contributed by atoms with Crippen molar-refractivity contribution in [3.05, 3.63) is 41.8 Å². The number of oxazole rings is 1. The maximum Gasteiger partial charge on any atom is 0.416 e. The van der Waals surface area contributed by atoms with Gasteiger partial charge in [-0.05, 0) is 25.1 Å². The number of rotatable bonds is 2. The van der Waals surface area contributed by atoms with Crippen LogP contribution in [0.4, 0.5) is 13.2 Å². The average molecular weight is 256 g/mol. The maximum absolute atomic E-state index is 12.5. The Bertz CT molecular complexity index is 546. The highest BCUT2D eigenvalue weighted by molar-refractivity contribution is 5.55. The third-order valence-corrected chi connectivity index (χ3v) is 2.43. The van der Waals surface area contributed by atoms with Crippen molar-refractivity contribution in [1.82, 2.24) is 4.98 Å². The minimum absolute atomic E-state index is 0.133. The topological polar surface area (TPSA) is 52.0 Å². The van der Waals surface area contributed by atoms with Gasteiger partial charge in [-0.15, -0.1) is 0 Å². The van der Waals surface area contributed by atoms with Gasteiger partial charge in [-0.1, -0.05) is 6.07 Å². The van der Waals surface area contributed by atoms with E-state index in [2.05, 4.69) is 4.98 Å². The van der Waals surface area contributed by atoms with Crippen molar-refractivity contribution in [1.29, 1.82) is 0 Å². The van der Waals surface area contributed by atoms with E-state index in [0.717, 1.165) is 12.1 Å². The number of hydrogen-bond donors (Lipinski definition) is 1. The molecule has 0 fully saturated rings. The van der Waals surface area contributed by atoms with Gasteiger partial charge in [-0.25, -0.2) is 4.98 Å². The number of nitrogens with zero attached hydrogens (tertiary/aromatic N) is 1. The van der Waals surface area contributed by atoms with E-state index in [1.807, 2.05) is 0 Å². The first kappa shape index (κ1) is 12.6. The lowest BCUT2D eigenvalue weighted by molar-refractivity contribution is -0.137. The van der Waals surface area contributed by atoms with Crippen molar-refractivity contribution in [2.45, 2.75) is 19.1 Å². The van der Waals surface area contributed by atoms with Crippen LogP contribution < -0.4 is 5.73 Å². The van der Waals surface area contributed by atoms with Gasteiger partial charge in [0.2, 0.25) is 5.89 Å². The van der Waals surface area contributed by atoms with E-state index in [1.165, 1.54) is 18.4 Å². The Morgan fingerprint density at radius 3 is 2.61 bits per heavy atom. The summed E-state index contributed by atoms with van der Waals surface area (Å²) in [6, 6.07) is 4.49. The van der Waals surface area contributed by atoms with Gasteiger partial charge < -0.3 is 10.2 Å². The van der Waals surface area contributed by atoms with Crippen LogP contribution in [0.15, 0.2) is 34.9 Å². The Hall–Kier alpha value is -1.82. The van der Waals surface area contributed by atoms with E-state index in [-0.39, 0.29) is 17.5 Å². The molecule has 0 saturated heterocycles. The zero-order valence-corrected chi connectivity index (χ0v) is 9.53. The first-order valence-electron chi connectivity index (χ1n) is 5.26. The molecule has 0 aliphatic carbocycles. The fourth-order valence-corrected chi connectivity index (χ4v) is 1.46. The molecule has 0 aliphatic heterocycles. The number of halogens is 3. The second kappa shape index (κ2) is 4.45. The van der Waals surface area contributed by atoms with Crippen molar-refractivity contribution >= 4 is 0 Å². The van der Waals surface area contributed by atoms with Crippen LogP contribution in [-0.2, 0) is 6.18 Å². The van der Waals surface area contributed by atoms with Crippen LogP contribution in [-0.4, -0.2) is 4.98 Å². The number of aromatic nitrogens is 1. The van der Waals surface area contributed by atoms with Gasteiger partial charge >= 0.3 is 6.18 Å². The Morgan fingerprint density at radius 1 is 1.33 bits per heavy atom. The minimum atomic E-state index is -4.38. The van der Waals surface area contributed by atoms with E-state index >= 15 is 0 Å². The summed E-state index contributed by atoms with van der Waals surface area (Å²) in [7, 11) is 0. The molecule has 3 nitrogen and oxygen atoms in total. The first-order chi connectivity index (χ1) is 8.38. The van der Waals surface area contributed by atoms with Crippen LogP contribution in [0, 0.1) is 0 Å². The molecule has 1 unspecified atom stereocenters. The third kappa shape index (κ3) is 2.53. The Morgan fingerprint density at radius 2 is 2.06 bits per heavy atom. The Labute approximate surface area is 101 Å². The predicted octanol–water partition coefficient (Wildman–Crippen LogP) is 3.38. The molecule has 0 radical (unpaired) electrons. The lowest BCUT2D eigenvalue weighted by Crippen LogP contribution is -2.05. The zero-order chi connectivity index (χ0) is 13.3. The van der Waals surface area contributed by atoms with Crippen molar-refractivity contribution in [2.24, 2.45) is 5.73 Å². The molecule has 2 N–H and O–H groups in total. The van der Waals surface area contributed by atoms with Gasteiger partial charge in [-0.3, -0.25) is 0 Å². The lowest BCUT2D eigenvalue weighted by atomic mass is 10.1. The van der Waals surface area contributed by atoms with Crippen LogP contribution in [0.5, 0.6) is 0 Å². The van der Waals surface area contributed by atoms with Crippen LogP contribution in [0.25, 0.3) is 11.5 Å². The van der Waals surface area contributed by atoms with Crippen LogP contribution in [0.1, 0.15) is 24.2 Å². The molecular weight excluding hydrogens is 245 g/mol. The van der Waals surface area contributed by atoms with E-state index in [4.69, 9.17) is 10.2 Å². The van der Waals surface area contributed by atoms with Crippen molar-refractivity contribution < 1.29 is 17.6 Å². The molecule has 2 aromatic rings. The summed E-state index contributed by atoms with van der Waals surface area (Å²) in [5.41, 5.74) is 5.64. The Balaban J connectivity index is 2.38. The second-order valence-electron chi connectivity index (χ2n) is 3.94. The molecule has 0 aliphatic rings. The molecule has 0 saturated carbocycles. The fourth-order valence-electron chi connectivity index (χ4n) is 1.46. The van der Waals surface area contributed by atoms with Gasteiger partial charge in [0.25, 0.3) is 0 Å². The van der Waals surface area contributed by atoms with Gasteiger partial charge in [-0.2, -0.15) is 13.2 Å². The minimum Gasteiger partial charge on any atom is -0.444 e. The molecule has 0 amide bonds. The van der Waals surface area contributed by atoms with Gasteiger partial charge in [0, 0.05) is 11.6 Å². The average Bonchev–Trinajstić information content (AvgIpc) is 2.77. The summed E-state index contributed by atoms with van der Waals surface area (Å²) < 4.78 is 42.8. The second-order valence-corrected chi connectivity index (χ2v) is 3.94. The summed E-state index contributed by atoms with van der Waals surface area (Å²) in [6.45, 7) is 1.72. The number of hydrogen-bond acceptors (Lipinski definition) is 3. The normalized spacial score (nSPS) is 13.6. The van der Waals surface area contributed by atoms with Crippen molar-refractivity contribution in [2.75, 3.05) is 0 Å². The SMILES string of the molecule is CC(N)c1coc(-c2cccc(C(F)(F)F)c2)n1. The smallest absolute Gasteiger partial charge is 0.416 e. The molecule has 2 rings (SSSR count). The molecular formula is C12H11F3N2O. The molecule has 1 aromatic carbocycles. The zero-order valence-electron chi connectivity index (χ0n) is 9.53. The lowest BCUT2D eigenvalue weighted by Gasteiger charge is -2.06. The summed E-state index contributed by atoms with van der Waals surface area (Å²) in [5.74, 6) is 0.133. The quantitative estimate of drug-likeness (QED) is 0.896. The molecule has 18 heavy (non-hydrogen) atoms. The highest BCUT2D eigenvalue weighted by Crippen LogP contribution is 2.32. The van der Waals surface area contributed by atoms with Gasteiger partial charge in [0.05, 0.1) is 11.3 Å².